The molecule has 1 aliphatic carbocycles. The summed E-state index contributed by atoms with van der Waals surface area (Å²) in [5.41, 5.74) is 10.6. The molecule has 0 fully saturated rings. The van der Waals surface area contributed by atoms with Gasteiger partial charge in [0.2, 0.25) is 0 Å². The molecule has 0 atom stereocenters. The van der Waals surface area contributed by atoms with E-state index in [1.54, 1.807) is 0 Å². The first-order chi connectivity index (χ1) is 21.2. The molecule has 1 aliphatic rings. The maximum atomic E-state index is 4.96. The SMILES string of the molecule is CC(C)c1ccc(-c2nc(-c3ccc(C(C)C)cc3)nc(-c3ccc(-c4ccc5c(c4)C(C)(C)C(C)(C)C5(C)C)nc3)n2)cc1. The maximum Gasteiger partial charge on any atom is 0.165 e. The van der Waals surface area contributed by atoms with Crippen molar-refractivity contribution in [2.75, 3.05) is 0 Å². The quantitative estimate of drug-likeness (QED) is 0.196. The zero-order valence-corrected chi connectivity index (χ0v) is 28.5. The summed E-state index contributed by atoms with van der Waals surface area (Å²) in [6.07, 6.45) is 1.90. The van der Waals surface area contributed by atoms with Gasteiger partial charge in [-0.25, -0.2) is 15.0 Å². The van der Waals surface area contributed by atoms with E-state index in [2.05, 4.69) is 148 Å². The van der Waals surface area contributed by atoms with Gasteiger partial charge in [0, 0.05) is 28.5 Å². The molecule has 2 aromatic heterocycles. The van der Waals surface area contributed by atoms with Crippen LogP contribution in [0.5, 0.6) is 0 Å². The van der Waals surface area contributed by atoms with Crippen LogP contribution in [-0.2, 0) is 10.8 Å². The van der Waals surface area contributed by atoms with E-state index in [0.717, 1.165) is 27.9 Å². The largest absolute Gasteiger partial charge is 0.255 e. The van der Waals surface area contributed by atoms with Crippen molar-refractivity contribution >= 4 is 0 Å². The van der Waals surface area contributed by atoms with Gasteiger partial charge in [-0.15, -0.1) is 0 Å². The Labute approximate surface area is 269 Å². The standard InChI is InChI=1S/C41H46N4/c1-25(2)27-11-15-29(16-12-27)36-43-37(30-17-13-28(14-18-30)26(3)4)45-38(44-36)32-20-22-35(42-24-32)31-19-21-33-34(23-31)40(7,8)41(9,10)39(33,5)6/h11-26H,1-10H3. The third-order valence-electron chi connectivity index (χ3n) is 11.1. The molecule has 4 nitrogen and oxygen atoms in total. The molecule has 45 heavy (non-hydrogen) atoms. The average Bonchev–Trinajstić information content (AvgIpc) is 3.14. The van der Waals surface area contributed by atoms with E-state index in [9.17, 15) is 0 Å². The Balaban J connectivity index is 1.40. The molecular weight excluding hydrogens is 548 g/mol. The molecule has 0 spiro atoms. The molecule has 5 aromatic rings. The van der Waals surface area contributed by atoms with Crippen LogP contribution >= 0.6 is 0 Å². The molecule has 0 N–H and O–H groups in total. The molecule has 2 heterocycles. The molecule has 0 amide bonds. The van der Waals surface area contributed by atoms with Crippen molar-refractivity contribution in [3.05, 3.63) is 107 Å². The van der Waals surface area contributed by atoms with E-state index < -0.39 is 0 Å². The third kappa shape index (κ3) is 5.18. The van der Waals surface area contributed by atoms with E-state index in [-0.39, 0.29) is 16.2 Å². The second-order valence-corrected chi connectivity index (χ2v) is 14.9. The Morgan fingerprint density at radius 2 is 0.889 bits per heavy atom. The molecule has 0 saturated heterocycles. The van der Waals surface area contributed by atoms with Gasteiger partial charge in [-0.1, -0.05) is 130 Å². The van der Waals surface area contributed by atoms with E-state index >= 15 is 0 Å². The van der Waals surface area contributed by atoms with Crippen molar-refractivity contribution in [1.29, 1.82) is 0 Å². The van der Waals surface area contributed by atoms with Crippen molar-refractivity contribution in [2.45, 2.75) is 91.9 Å². The van der Waals surface area contributed by atoms with Crippen LogP contribution in [0.3, 0.4) is 0 Å². The molecule has 4 heteroatoms. The fourth-order valence-corrected chi connectivity index (χ4v) is 6.71. The smallest absolute Gasteiger partial charge is 0.165 e. The maximum absolute atomic E-state index is 4.96. The lowest BCUT2D eigenvalue weighted by atomic mass is 9.59. The number of nitrogens with zero attached hydrogens (tertiary/aromatic N) is 4. The molecule has 0 unspecified atom stereocenters. The van der Waals surface area contributed by atoms with Gasteiger partial charge < -0.3 is 0 Å². The van der Waals surface area contributed by atoms with Crippen LogP contribution in [0.4, 0.5) is 0 Å². The van der Waals surface area contributed by atoms with Crippen LogP contribution in [0, 0.1) is 5.41 Å². The van der Waals surface area contributed by atoms with Gasteiger partial charge in [-0.05, 0) is 68.5 Å². The summed E-state index contributed by atoms with van der Waals surface area (Å²) >= 11 is 0. The van der Waals surface area contributed by atoms with Crippen LogP contribution in [-0.4, -0.2) is 19.9 Å². The second-order valence-electron chi connectivity index (χ2n) is 14.9. The predicted octanol–water partition coefficient (Wildman–Crippen LogP) is 10.8. The van der Waals surface area contributed by atoms with Crippen LogP contribution in [0.25, 0.3) is 45.4 Å². The molecule has 0 bridgehead atoms. The Kier molecular flexibility index (Phi) is 7.54. The van der Waals surface area contributed by atoms with E-state index in [0.29, 0.717) is 29.3 Å². The minimum absolute atomic E-state index is 0.0419. The number of benzene rings is 3. The fourth-order valence-electron chi connectivity index (χ4n) is 6.71. The van der Waals surface area contributed by atoms with Gasteiger partial charge in [0.05, 0.1) is 5.69 Å². The van der Waals surface area contributed by atoms with Gasteiger partial charge in [0.25, 0.3) is 0 Å². The van der Waals surface area contributed by atoms with E-state index in [1.165, 1.54) is 22.3 Å². The van der Waals surface area contributed by atoms with Crippen molar-refractivity contribution < 1.29 is 0 Å². The van der Waals surface area contributed by atoms with Gasteiger partial charge in [0.15, 0.2) is 17.5 Å². The van der Waals surface area contributed by atoms with Crippen molar-refractivity contribution in [1.82, 2.24) is 19.9 Å². The Morgan fingerprint density at radius 1 is 0.467 bits per heavy atom. The lowest BCUT2D eigenvalue weighted by Gasteiger charge is -2.44. The topological polar surface area (TPSA) is 51.6 Å². The van der Waals surface area contributed by atoms with Crippen LogP contribution in [0.1, 0.15) is 103 Å². The molecule has 0 radical (unpaired) electrons. The molecular formula is C41H46N4. The average molecular weight is 595 g/mol. The van der Waals surface area contributed by atoms with Crippen LogP contribution in [0.2, 0.25) is 0 Å². The van der Waals surface area contributed by atoms with E-state index in [1.807, 2.05) is 6.20 Å². The molecule has 230 valence electrons. The number of hydrogen-bond acceptors (Lipinski definition) is 4. The summed E-state index contributed by atoms with van der Waals surface area (Å²) in [7, 11) is 0. The monoisotopic (exact) mass is 594 g/mol. The predicted molar refractivity (Wildman–Crippen MR) is 187 cm³/mol. The highest BCUT2D eigenvalue weighted by Gasteiger charge is 2.56. The fraction of sp³-hybridized carbons (Fsp3) is 0.366. The summed E-state index contributed by atoms with van der Waals surface area (Å²) in [5, 5.41) is 0. The lowest BCUT2D eigenvalue weighted by Crippen LogP contribution is -2.42. The Morgan fingerprint density at radius 3 is 1.33 bits per heavy atom. The molecule has 6 rings (SSSR count). The summed E-state index contributed by atoms with van der Waals surface area (Å²) < 4.78 is 0. The van der Waals surface area contributed by atoms with Crippen molar-refractivity contribution in [3.63, 3.8) is 0 Å². The number of hydrogen-bond donors (Lipinski definition) is 0. The van der Waals surface area contributed by atoms with Crippen LogP contribution < -0.4 is 0 Å². The number of pyridine rings is 1. The number of aromatic nitrogens is 4. The molecule has 3 aromatic carbocycles. The molecule has 0 aliphatic heterocycles. The van der Waals surface area contributed by atoms with Crippen LogP contribution in [0.15, 0.2) is 85.1 Å². The summed E-state index contributed by atoms with van der Waals surface area (Å²) in [6.45, 7) is 23.1. The highest BCUT2D eigenvalue weighted by atomic mass is 15.0. The first kappa shape index (κ1) is 30.8. The first-order valence-corrected chi connectivity index (χ1v) is 16.3. The zero-order valence-electron chi connectivity index (χ0n) is 28.5. The lowest BCUT2D eigenvalue weighted by molar-refractivity contribution is 0.125. The Hall–Kier alpha value is -4.18. The highest BCUT2D eigenvalue weighted by molar-refractivity contribution is 5.69. The third-order valence-corrected chi connectivity index (χ3v) is 11.1. The van der Waals surface area contributed by atoms with E-state index in [4.69, 9.17) is 19.9 Å². The summed E-state index contributed by atoms with van der Waals surface area (Å²) in [6, 6.07) is 28.2. The second kappa shape index (κ2) is 11.0. The summed E-state index contributed by atoms with van der Waals surface area (Å²) in [4.78, 5) is 19.8. The molecule has 0 saturated carbocycles. The van der Waals surface area contributed by atoms with Gasteiger partial charge in [-0.2, -0.15) is 0 Å². The highest BCUT2D eigenvalue weighted by Crippen LogP contribution is 2.61. The summed E-state index contributed by atoms with van der Waals surface area (Å²) in [5.74, 6) is 2.86. The number of fused-ring (bicyclic) bond motifs is 1. The van der Waals surface area contributed by atoms with Crippen molar-refractivity contribution in [2.24, 2.45) is 5.41 Å². The minimum Gasteiger partial charge on any atom is -0.255 e. The van der Waals surface area contributed by atoms with Crippen molar-refractivity contribution in [3.8, 4) is 45.4 Å². The normalized spacial score (nSPS) is 16.3. The minimum atomic E-state index is 0.0419. The van der Waals surface area contributed by atoms with Gasteiger partial charge in [0.1, 0.15) is 0 Å². The van der Waals surface area contributed by atoms with Gasteiger partial charge in [-0.3, -0.25) is 4.98 Å². The van der Waals surface area contributed by atoms with Gasteiger partial charge >= 0.3 is 0 Å². The zero-order chi connectivity index (χ0) is 32.3. The number of rotatable bonds is 6. The Bertz CT molecular complexity index is 1770. The first-order valence-electron chi connectivity index (χ1n) is 16.3.